The molecule has 1 heterocycles. The van der Waals surface area contributed by atoms with Gasteiger partial charge in [0.1, 0.15) is 0 Å². The van der Waals surface area contributed by atoms with Crippen molar-refractivity contribution < 1.29 is 4.74 Å². The van der Waals surface area contributed by atoms with Crippen LogP contribution in [0.5, 0.6) is 0 Å². The fourth-order valence-electron chi connectivity index (χ4n) is 2.70. The Hall–Kier alpha value is -1.73. The van der Waals surface area contributed by atoms with Crippen LogP contribution >= 0.6 is 0 Å². The molecule has 1 unspecified atom stereocenters. The van der Waals surface area contributed by atoms with E-state index in [0.717, 1.165) is 25.3 Å². The van der Waals surface area contributed by atoms with Gasteiger partial charge in [-0.2, -0.15) is 5.26 Å². The van der Waals surface area contributed by atoms with Gasteiger partial charge in [-0.25, -0.2) is 0 Å². The summed E-state index contributed by atoms with van der Waals surface area (Å²) in [6, 6.07) is 8.17. The van der Waals surface area contributed by atoms with Crippen LogP contribution in [0.2, 0.25) is 0 Å². The molecule has 0 spiro atoms. The number of nitrogens with two attached hydrogens (primary N) is 1. The third-order valence-corrected chi connectivity index (χ3v) is 3.68. The first-order chi connectivity index (χ1) is 9.24. The van der Waals surface area contributed by atoms with Crippen molar-refractivity contribution >= 4 is 11.4 Å². The standard InChI is InChI=1S/C15H21N3O/c1-19-11-12-3-2-8-18(10-12)14-4-5-15(17)13(9-14)6-7-16/h4-5,9,12H,2-3,6,8,10-11,17H2,1H3. The average molecular weight is 259 g/mol. The number of nitriles is 1. The summed E-state index contributed by atoms with van der Waals surface area (Å²) in [5.74, 6) is 0.593. The molecule has 1 fully saturated rings. The first-order valence-corrected chi connectivity index (χ1v) is 6.74. The molecule has 1 aromatic rings. The van der Waals surface area contributed by atoms with E-state index >= 15 is 0 Å². The lowest BCUT2D eigenvalue weighted by molar-refractivity contribution is 0.143. The maximum Gasteiger partial charge on any atom is 0.0670 e. The molecular formula is C15H21N3O. The van der Waals surface area contributed by atoms with Crippen molar-refractivity contribution in [3.8, 4) is 6.07 Å². The monoisotopic (exact) mass is 259 g/mol. The van der Waals surface area contributed by atoms with E-state index in [1.807, 2.05) is 18.2 Å². The number of piperidine rings is 1. The van der Waals surface area contributed by atoms with Crippen molar-refractivity contribution in [1.29, 1.82) is 5.26 Å². The summed E-state index contributed by atoms with van der Waals surface area (Å²) in [7, 11) is 1.76. The molecule has 0 aromatic heterocycles. The lowest BCUT2D eigenvalue weighted by Gasteiger charge is -2.34. The summed E-state index contributed by atoms with van der Waals surface area (Å²) in [5, 5.41) is 8.82. The molecule has 2 N–H and O–H groups in total. The zero-order valence-corrected chi connectivity index (χ0v) is 11.4. The number of hydrogen-bond donors (Lipinski definition) is 1. The zero-order chi connectivity index (χ0) is 13.7. The van der Waals surface area contributed by atoms with Gasteiger partial charge in [0, 0.05) is 31.6 Å². The predicted octanol–water partition coefficient (Wildman–Crippen LogP) is 2.20. The molecule has 1 aliphatic rings. The first kappa shape index (κ1) is 13.7. The number of nitrogens with zero attached hydrogens (tertiary/aromatic N) is 2. The second kappa shape index (κ2) is 6.44. The smallest absolute Gasteiger partial charge is 0.0670 e. The van der Waals surface area contributed by atoms with Crippen molar-refractivity contribution in [3.63, 3.8) is 0 Å². The van der Waals surface area contributed by atoms with Gasteiger partial charge >= 0.3 is 0 Å². The molecule has 0 radical (unpaired) electrons. The third-order valence-electron chi connectivity index (χ3n) is 3.68. The Morgan fingerprint density at radius 1 is 1.53 bits per heavy atom. The molecule has 4 nitrogen and oxygen atoms in total. The molecule has 1 aliphatic heterocycles. The van der Waals surface area contributed by atoms with Crippen LogP contribution in [0, 0.1) is 17.2 Å². The maximum atomic E-state index is 8.82. The number of anilines is 2. The van der Waals surface area contributed by atoms with Gasteiger partial charge in [-0.05, 0) is 42.5 Å². The Morgan fingerprint density at radius 3 is 3.11 bits per heavy atom. The lowest BCUT2D eigenvalue weighted by atomic mass is 9.98. The molecule has 0 saturated carbocycles. The molecular weight excluding hydrogens is 238 g/mol. The van der Waals surface area contributed by atoms with E-state index in [0.29, 0.717) is 18.0 Å². The van der Waals surface area contributed by atoms with Crippen LogP contribution in [0.15, 0.2) is 18.2 Å². The Kier molecular flexibility index (Phi) is 4.64. The Morgan fingerprint density at radius 2 is 2.37 bits per heavy atom. The minimum absolute atomic E-state index is 0.370. The van der Waals surface area contributed by atoms with Crippen LogP contribution in [-0.2, 0) is 11.2 Å². The number of benzene rings is 1. The van der Waals surface area contributed by atoms with E-state index in [2.05, 4.69) is 11.0 Å². The fraction of sp³-hybridized carbons (Fsp3) is 0.533. The van der Waals surface area contributed by atoms with Gasteiger partial charge in [0.25, 0.3) is 0 Å². The van der Waals surface area contributed by atoms with Crippen LogP contribution < -0.4 is 10.6 Å². The highest BCUT2D eigenvalue weighted by atomic mass is 16.5. The Labute approximate surface area is 114 Å². The quantitative estimate of drug-likeness (QED) is 0.842. The highest BCUT2D eigenvalue weighted by Crippen LogP contribution is 2.26. The van der Waals surface area contributed by atoms with E-state index in [-0.39, 0.29) is 0 Å². The van der Waals surface area contributed by atoms with E-state index in [9.17, 15) is 0 Å². The number of methoxy groups -OCH3 is 1. The van der Waals surface area contributed by atoms with E-state index in [1.54, 1.807) is 7.11 Å². The van der Waals surface area contributed by atoms with E-state index in [1.165, 1.54) is 18.5 Å². The summed E-state index contributed by atoms with van der Waals surface area (Å²) in [6.07, 6.45) is 2.78. The second-order valence-corrected chi connectivity index (χ2v) is 5.13. The van der Waals surface area contributed by atoms with Gasteiger partial charge in [0.05, 0.1) is 19.1 Å². The van der Waals surface area contributed by atoms with Crippen LogP contribution in [0.1, 0.15) is 18.4 Å². The molecule has 102 valence electrons. The molecule has 1 atom stereocenters. The molecule has 0 aliphatic carbocycles. The van der Waals surface area contributed by atoms with Gasteiger partial charge in [0.2, 0.25) is 0 Å². The minimum Gasteiger partial charge on any atom is -0.398 e. The third kappa shape index (κ3) is 3.39. The number of ether oxygens (including phenoxy) is 1. The van der Waals surface area contributed by atoms with Crippen LogP contribution in [0.4, 0.5) is 11.4 Å². The maximum absolute atomic E-state index is 8.82. The summed E-state index contributed by atoms with van der Waals surface area (Å²) < 4.78 is 5.26. The van der Waals surface area contributed by atoms with Gasteiger partial charge in [-0.1, -0.05) is 0 Å². The molecule has 2 rings (SSSR count). The van der Waals surface area contributed by atoms with Crippen molar-refractivity contribution in [2.45, 2.75) is 19.3 Å². The highest BCUT2D eigenvalue weighted by molar-refractivity contribution is 5.59. The summed E-state index contributed by atoms with van der Waals surface area (Å²) in [6.45, 7) is 2.90. The summed E-state index contributed by atoms with van der Waals surface area (Å²) >= 11 is 0. The summed E-state index contributed by atoms with van der Waals surface area (Å²) in [4.78, 5) is 2.37. The van der Waals surface area contributed by atoms with Crippen LogP contribution in [-0.4, -0.2) is 26.8 Å². The molecule has 19 heavy (non-hydrogen) atoms. The lowest BCUT2D eigenvalue weighted by Crippen LogP contribution is -2.37. The van der Waals surface area contributed by atoms with E-state index in [4.69, 9.17) is 15.7 Å². The van der Waals surface area contributed by atoms with Crippen LogP contribution in [0.25, 0.3) is 0 Å². The van der Waals surface area contributed by atoms with Gasteiger partial charge in [0.15, 0.2) is 0 Å². The Balaban J connectivity index is 2.12. The normalized spacial score (nSPS) is 19.2. The molecule has 0 amide bonds. The van der Waals surface area contributed by atoms with Gasteiger partial charge in [-0.3, -0.25) is 0 Å². The van der Waals surface area contributed by atoms with Crippen molar-refractivity contribution in [2.75, 3.05) is 37.4 Å². The van der Waals surface area contributed by atoms with Gasteiger partial charge in [-0.15, -0.1) is 0 Å². The van der Waals surface area contributed by atoms with Crippen molar-refractivity contribution in [3.05, 3.63) is 23.8 Å². The number of rotatable bonds is 4. The highest BCUT2D eigenvalue weighted by Gasteiger charge is 2.20. The number of nitrogen functional groups attached to an aromatic ring is 1. The zero-order valence-electron chi connectivity index (χ0n) is 11.4. The molecule has 1 aromatic carbocycles. The fourth-order valence-corrected chi connectivity index (χ4v) is 2.70. The van der Waals surface area contributed by atoms with E-state index < -0.39 is 0 Å². The summed E-state index contributed by atoms with van der Waals surface area (Å²) in [5.41, 5.74) is 8.69. The number of hydrogen-bond acceptors (Lipinski definition) is 4. The van der Waals surface area contributed by atoms with Crippen LogP contribution in [0.3, 0.4) is 0 Å². The largest absolute Gasteiger partial charge is 0.398 e. The molecule has 4 heteroatoms. The van der Waals surface area contributed by atoms with Gasteiger partial charge < -0.3 is 15.4 Å². The predicted molar refractivity (Wildman–Crippen MR) is 77.0 cm³/mol. The topological polar surface area (TPSA) is 62.3 Å². The SMILES string of the molecule is COCC1CCCN(c2ccc(N)c(CC#N)c2)C1. The second-order valence-electron chi connectivity index (χ2n) is 5.13. The van der Waals surface area contributed by atoms with Crippen molar-refractivity contribution in [2.24, 2.45) is 5.92 Å². The molecule has 0 bridgehead atoms. The first-order valence-electron chi connectivity index (χ1n) is 6.74. The van der Waals surface area contributed by atoms with Crippen molar-refractivity contribution in [1.82, 2.24) is 0 Å². The minimum atomic E-state index is 0.370. The average Bonchev–Trinajstić information content (AvgIpc) is 2.42. The molecule has 1 saturated heterocycles. The Bertz CT molecular complexity index is 465.